The minimum atomic E-state index is 0. The first kappa shape index (κ1) is 15.6. The first-order valence-corrected chi connectivity index (χ1v) is 8.38. The molecule has 3 heterocycles. The summed E-state index contributed by atoms with van der Waals surface area (Å²) in [5, 5.41) is 3.21. The number of fused-ring (bicyclic) bond motifs is 1. The number of nitrogens with zero attached hydrogens (tertiary/aromatic N) is 3. The van der Waals surface area contributed by atoms with E-state index in [-0.39, 0.29) is 12.4 Å². The molecule has 2 aliphatic rings. The number of halogens is 1. The van der Waals surface area contributed by atoms with Crippen LogP contribution in [0, 0.1) is 0 Å². The van der Waals surface area contributed by atoms with Gasteiger partial charge in [-0.25, -0.2) is 4.98 Å². The summed E-state index contributed by atoms with van der Waals surface area (Å²) in [5.74, 6) is 1.08. The highest BCUT2D eigenvalue weighted by atomic mass is 35.5. The summed E-state index contributed by atoms with van der Waals surface area (Å²) < 4.78 is 5.57. The third-order valence-electron chi connectivity index (χ3n) is 4.22. The molecule has 4 rings (SSSR count). The van der Waals surface area contributed by atoms with Gasteiger partial charge >= 0.3 is 0 Å². The largest absolute Gasteiger partial charge is 0.493 e. The van der Waals surface area contributed by atoms with Crippen molar-refractivity contribution in [2.75, 3.05) is 37.7 Å². The van der Waals surface area contributed by atoms with E-state index in [9.17, 15) is 0 Å². The van der Waals surface area contributed by atoms with Gasteiger partial charge in [0.2, 0.25) is 0 Å². The molecule has 2 aromatic rings. The minimum Gasteiger partial charge on any atom is -0.493 e. The highest BCUT2D eigenvalue weighted by Crippen LogP contribution is 2.26. The van der Waals surface area contributed by atoms with Crippen LogP contribution in [0.2, 0.25) is 0 Å². The molecule has 0 aliphatic carbocycles. The van der Waals surface area contributed by atoms with Crippen LogP contribution in [-0.4, -0.2) is 42.7 Å². The lowest BCUT2D eigenvalue weighted by Gasteiger charge is -2.34. The summed E-state index contributed by atoms with van der Waals surface area (Å²) in [4.78, 5) is 9.32. The summed E-state index contributed by atoms with van der Waals surface area (Å²) in [6.07, 6.45) is 2.94. The highest BCUT2D eigenvalue weighted by Gasteiger charge is 2.19. The first-order chi connectivity index (χ1) is 10.4. The van der Waals surface area contributed by atoms with Crippen LogP contribution in [0.15, 0.2) is 29.8 Å². The van der Waals surface area contributed by atoms with Crippen LogP contribution >= 0.6 is 23.7 Å². The predicted octanol–water partition coefficient (Wildman–Crippen LogP) is 2.82. The number of anilines is 1. The van der Waals surface area contributed by atoms with Crippen molar-refractivity contribution in [3.63, 3.8) is 0 Å². The van der Waals surface area contributed by atoms with E-state index in [1.807, 2.05) is 11.6 Å². The fourth-order valence-corrected chi connectivity index (χ4v) is 3.76. The molecule has 0 bridgehead atoms. The lowest BCUT2D eigenvalue weighted by Crippen LogP contribution is -2.45. The zero-order chi connectivity index (χ0) is 14.1. The molecule has 0 radical (unpaired) electrons. The number of hydrogen-bond acceptors (Lipinski definition) is 5. The van der Waals surface area contributed by atoms with Crippen LogP contribution in [0.25, 0.3) is 0 Å². The summed E-state index contributed by atoms with van der Waals surface area (Å²) in [6, 6.07) is 6.65. The standard InChI is InChI=1S/C16H19N3OS.ClH/c1-2-15-14(3-9-20-15)11-13(1)12-18-5-7-19(8-6-18)16-17-4-10-21-16;/h1-2,4,10-11H,3,5-9,12H2;1H. The molecule has 0 spiro atoms. The van der Waals surface area contributed by atoms with Crippen molar-refractivity contribution in [3.8, 4) is 5.75 Å². The van der Waals surface area contributed by atoms with Crippen molar-refractivity contribution in [1.82, 2.24) is 9.88 Å². The maximum absolute atomic E-state index is 5.57. The van der Waals surface area contributed by atoms with E-state index in [1.165, 1.54) is 11.1 Å². The molecule has 0 N–H and O–H groups in total. The molecule has 0 unspecified atom stereocenters. The molecule has 2 aliphatic heterocycles. The van der Waals surface area contributed by atoms with Gasteiger partial charge in [0.15, 0.2) is 5.13 Å². The number of ether oxygens (including phenoxy) is 1. The molecule has 1 aromatic carbocycles. The van der Waals surface area contributed by atoms with Gasteiger partial charge in [-0.3, -0.25) is 4.90 Å². The summed E-state index contributed by atoms with van der Waals surface area (Å²) >= 11 is 1.73. The van der Waals surface area contributed by atoms with E-state index in [4.69, 9.17) is 4.74 Å². The Morgan fingerprint density at radius 1 is 1.18 bits per heavy atom. The second-order valence-corrected chi connectivity index (χ2v) is 6.49. The Morgan fingerprint density at radius 2 is 2.05 bits per heavy atom. The van der Waals surface area contributed by atoms with Crippen molar-refractivity contribution in [2.24, 2.45) is 0 Å². The van der Waals surface area contributed by atoms with Gasteiger partial charge in [0.05, 0.1) is 6.61 Å². The monoisotopic (exact) mass is 337 g/mol. The second kappa shape index (κ2) is 6.86. The highest BCUT2D eigenvalue weighted by molar-refractivity contribution is 7.13. The number of aromatic nitrogens is 1. The van der Waals surface area contributed by atoms with Gasteiger partial charge in [-0.15, -0.1) is 23.7 Å². The van der Waals surface area contributed by atoms with Crippen LogP contribution in [-0.2, 0) is 13.0 Å². The van der Waals surface area contributed by atoms with Crippen LogP contribution in [0.1, 0.15) is 11.1 Å². The lowest BCUT2D eigenvalue weighted by molar-refractivity contribution is 0.249. The van der Waals surface area contributed by atoms with Gasteiger partial charge in [0.25, 0.3) is 0 Å². The number of benzene rings is 1. The minimum absolute atomic E-state index is 0. The van der Waals surface area contributed by atoms with Crippen molar-refractivity contribution in [1.29, 1.82) is 0 Å². The molecule has 6 heteroatoms. The van der Waals surface area contributed by atoms with Gasteiger partial charge in [-0.1, -0.05) is 12.1 Å². The fraction of sp³-hybridized carbons (Fsp3) is 0.438. The molecule has 1 fully saturated rings. The molecule has 4 nitrogen and oxygen atoms in total. The van der Waals surface area contributed by atoms with Crippen molar-refractivity contribution < 1.29 is 4.74 Å². The number of thiazole rings is 1. The first-order valence-electron chi connectivity index (χ1n) is 7.50. The summed E-state index contributed by atoms with van der Waals surface area (Å²) in [6.45, 7) is 6.23. The Balaban J connectivity index is 0.00000144. The fourth-order valence-electron chi connectivity index (χ4n) is 3.07. The van der Waals surface area contributed by atoms with Crippen LogP contribution < -0.4 is 9.64 Å². The number of piperazine rings is 1. The van der Waals surface area contributed by atoms with Gasteiger partial charge in [-0.05, 0) is 17.2 Å². The average Bonchev–Trinajstić information content (AvgIpc) is 3.19. The quantitative estimate of drug-likeness (QED) is 0.861. The second-order valence-electron chi connectivity index (χ2n) is 5.62. The molecule has 1 aromatic heterocycles. The Bertz CT molecular complexity index is 612. The number of hydrogen-bond donors (Lipinski definition) is 0. The SMILES string of the molecule is Cl.c1csc(N2CCN(Cc3ccc4c(c3)CCO4)CC2)n1. The van der Waals surface area contributed by atoms with Gasteiger partial charge in [-0.2, -0.15) is 0 Å². The molecule has 1 saturated heterocycles. The van der Waals surface area contributed by atoms with Crippen molar-refractivity contribution in [2.45, 2.75) is 13.0 Å². The maximum atomic E-state index is 5.57. The Morgan fingerprint density at radius 3 is 2.82 bits per heavy atom. The topological polar surface area (TPSA) is 28.6 Å². The predicted molar refractivity (Wildman–Crippen MR) is 92.5 cm³/mol. The number of rotatable bonds is 3. The van der Waals surface area contributed by atoms with Crippen molar-refractivity contribution in [3.05, 3.63) is 40.9 Å². The third kappa shape index (κ3) is 3.21. The Kier molecular flexibility index (Phi) is 4.86. The summed E-state index contributed by atoms with van der Waals surface area (Å²) in [7, 11) is 0. The molecule has 0 saturated carbocycles. The van der Waals surface area contributed by atoms with Crippen LogP contribution in [0.3, 0.4) is 0 Å². The van der Waals surface area contributed by atoms with E-state index >= 15 is 0 Å². The molecule has 22 heavy (non-hydrogen) atoms. The smallest absolute Gasteiger partial charge is 0.185 e. The Labute approximate surface area is 141 Å². The van der Waals surface area contributed by atoms with E-state index < -0.39 is 0 Å². The normalized spacial score (nSPS) is 17.7. The third-order valence-corrected chi connectivity index (χ3v) is 5.05. The zero-order valence-electron chi connectivity index (χ0n) is 12.4. The van der Waals surface area contributed by atoms with E-state index in [0.717, 1.165) is 56.6 Å². The van der Waals surface area contributed by atoms with Gasteiger partial charge in [0, 0.05) is 50.7 Å². The van der Waals surface area contributed by atoms with E-state index in [0.29, 0.717) is 0 Å². The molecular formula is C16H20ClN3OS. The average molecular weight is 338 g/mol. The van der Waals surface area contributed by atoms with Gasteiger partial charge < -0.3 is 9.64 Å². The van der Waals surface area contributed by atoms with E-state index in [2.05, 4.69) is 33.0 Å². The van der Waals surface area contributed by atoms with Crippen molar-refractivity contribution >= 4 is 28.9 Å². The Hall–Kier alpha value is -1.30. The lowest BCUT2D eigenvalue weighted by atomic mass is 10.1. The van der Waals surface area contributed by atoms with Gasteiger partial charge in [0.1, 0.15) is 5.75 Å². The maximum Gasteiger partial charge on any atom is 0.185 e. The molecular weight excluding hydrogens is 318 g/mol. The van der Waals surface area contributed by atoms with Crippen LogP contribution in [0.5, 0.6) is 5.75 Å². The zero-order valence-corrected chi connectivity index (χ0v) is 14.0. The molecule has 0 atom stereocenters. The van der Waals surface area contributed by atoms with E-state index in [1.54, 1.807) is 11.3 Å². The summed E-state index contributed by atoms with van der Waals surface area (Å²) in [5.41, 5.74) is 2.77. The van der Waals surface area contributed by atoms with Crippen LogP contribution in [0.4, 0.5) is 5.13 Å². The molecule has 0 amide bonds. The molecule has 118 valence electrons.